The van der Waals surface area contributed by atoms with Crippen molar-refractivity contribution in [1.82, 2.24) is 4.90 Å². The molecule has 2 rings (SSSR count). The number of amides is 1. The lowest BCUT2D eigenvalue weighted by atomic mass is 9.82. The number of nitrogens with one attached hydrogen (secondary N) is 1. The number of aliphatic hydroxyl groups excluding tert-OH is 1. The molecule has 0 aliphatic heterocycles. The second-order valence-electron chi connectivity index (χ2n) is 5.68. The number of hydrogen-bond acceptors (Lipinski definition) is 4. The first-order valence-corrected chi connectivity index (χ1v) is 7.41. The lowest BCUT2D eigenvalue weighted by Crippen LogP contribution is -2.39. The Morgan fingerprint density at radius 3 is 2.86 bits per heavy atom. The van der Waals surface area contributed by atoms with Crippen LogP contribution in [0, 0.1) is 5.92 Å². The van der Waals surface area contributed by atoms with Crippen molar-refractivity contribution in [2.75, 3.05) is 25.5 Å². The zero-order valence-electron chi connectivity index (χ0n) is 12.1. The molecule has 0 atom stereocenters. The summed E-state index contributed by atoms with van der Waals surface area (Å²) in [5, 5.41) is 12.1. The fourth-order valence-corrected chi connectivity index (χ4v) is 2.68. The molecule has 0 bridgehead atoms. The minimum atomic E-state index is -0.153. The molecule has 1 fully saturated rings. The van der Waals surface area contributed by atoms with Crippen molar-refractivity contribution in [1.29, 1.82) is 0 Å². The van der Waals surface area contributed by atoms with Crippen molar-refractivity contribution in [2.24, 2.45) is 11.7 Å². The third-order valence-corrected chi connectivity index (χ3v) is 3.86. The second kappa shape index (κ2) is 6.98. The van der Waals surface area contributed by atoms with E-state index in [4.69, 9.17) is 18.0 Å². The smallest absolute Gasteiger partial charge is 0.238 e. The topological polar surface area (TPSA) is 78.6 Å². The van der Waals surface area contributed by atoms with Crippen LogP contribution in [0.5, 0.6) is 0 Å². The fourth-order valence-electron chi connectivity index (χ4n) is 2.55. The number of thiocarbonyl (C=S) groups is 1. The van der Waals surface area contributed by atoms with E-state index in [9.17, 15) is 9.90 Å². The summed E-state index contributed by atoms with van der Waals surface area (Å²) in [6, 6.07) is 7.19. The number of rotatable bonds is 6. The number of carbonyl (C=O) groups is 1. The summed E-state index contributed by atoms with van der Waals surface area (Å²) in [6.45, 7) is 1.15. The molecule has 6 heteroatoms. The number of aliphatic hydroxyl groups is 1. The van der Waals surface area contributed by atoms with Crippen LogP contribution in [0.1, 0.15) is 18.4 Å². The van der Waals surface area contributed by atoms with E-state index in [0.717, 1.165) is 24.9 Å². The normalized spacial score (nSPS) is 20.9. The van der Waals surface area contributed by atoms with Crippen LogP contribution in [0.4, 0.5) is 5.69 Å². The van der Waals surface area contributed by atoms with Crippen molar-refractivity contribution in [3.8, 4) is 0 Å². The predicted molar refractivity (Wildman–Crippen MR) is 87.2 cm³/mol. The Hall–Kier alpha value is -1.50. The highest BCUT2D eigenvalue weighted by molar-refractivity contribution is 7.80. The van der Waals surface area contributed by atoms with Gasteiger partial charge in [0.2, 0.25) is 5.91 Å². The van der Waals surface area contributed by atoms with Gasteiger partial charge in [0.1, 0.15) is 4.99 Å². The Kier molecular flexibility index (Phi) is 5.27. The molecule has 1 amide bonds. The average molecular weight is 307 g/mol. The van der Waals surface area contributed by atoms with E-state index in [2.05, 4.69) is 5.32 Å². The van der Waals surface area contributed by atoms with Gasteiger partial charge in [-0.2, -0.15) is 0 Å². The van der Waals surface area contributed by atoms with Crippen LogP contribution < -0.4 is 11.1 Å². The summed E-state index contributed by atoms with van der Waals surface area (Å²) in [7, 11) is 1.91. The Labute approximate surface area is 130 Å². The van der Waals surface area contributed by atoms with Crippen molar-refractivity contribution >= 4 is 28.8 Å². The van der Waals surface area contributed by atoms with Crippen LogP contribution in [0.25, 0.3) is 0 Å². The lowest BCUT2D eigenvalue weighted by molar-refractivity contribution is -0.117. The van der Waals surface area contributed by atoms with Crippen LogP contribution in [0.3, 0.4) is 0 Å². The van der Waals surface area contributed by atoms with E-state index in [1.807, 2.05) is 30.1 Å². The second-order valence-corrected chi connectivity index (χ2v) is 6.12. The van der Waals surface area contributed by atoms with Gasteiger partial charge < -0.3 is 16.2 Å². The number of anilines is 1. The van der Waals surface area contributed by atoms with Gasteiger partial charge in [-0.05, 0) is 37.9 Å². The number of likely N-dealkylation sites (N-methyl/N-ethyl adjacent to an activating group) is 1. The van der Waals surface area contributed by atoms with Gasteiger partial charge in [0, 0.05) is 17.8 Å². The van der Waals surface area contributed by atoms with E-state index in [0.29, 0.717) is 23.1 Å². The molecule has 0 radical (unpaired) electrons. The standard InChI is InChI=1S/C15H21N3O2S/c1-18(8-10-5-13(19)6-10)9-14(20)17-12-4-2-3-11(7-12)15(16)21/h2-4,7,10,13,19H,5-6,8-9H2,1H3,(H2,16,21)(H,17,20). The average Bonchev–Trinajstić information content (AvgIpc) is 2.36. The SMILES string of the molecule is CN(CC(=O)Nc1cccc(C(N)=S)c1)CC1CC(O)C1. The minimum Gasteiger partial charge on any atom is -0.393 e. The molecule has 5 nitrogen and oxygen atoms in total. The van der Waals surface area contributed by atoms with Gasteiger partial charge >= 0.3 is 0 Å². The first-order chi connectivity index (χ1) is 9.94. The Bertz CT molecular complexity index is 529. The lowest BCUT2D eigenvalue weighted by Gasteiger charge is -2.34. The van der Waals surface area contributed by atoms with Crippen molar-refractivity contribution < 1.29 is 9.90 Å². The molecule has 0 aromatic heterocycles. The number of nitrogens with zero attached hydrogens (tertiary/aromatic N) is 1. The Morgan fingerprint density at radius 1 is 1.52 bits per heavy atom. The molecule has 4 N–H and O–H groups in total. The molecule has 21 heavy (non-hydrogen) atoms. The summed E-state index contributed by atoms with van der Waals surface area (Å²) < 4.78 is 0. The molecule has 1 aliphatic rings. The van der Waals surface area contributed by atoms with E-state index in [-0.39, 0.29) is 12.0 Å². The fraction of sp³-hybridized carbons (Fsp3) is 0.467. The van der Waals surface area contributed by atoms with Gasteiger partial charge in [-0.15, -0.1) is 0 Å². The monoisotopic (exact) mass is 307 g/mol. The van der Waals surface area contributed by atoms with E-state index < -0.39 is 0 Å². The highest BCUT2D eigenvalue weighted by atomic mass is 32.1. The number of benzene rings is 1. The van der Waals surface area contributed by atoms with Crippen LogP contribution in [0.2, 0.25) is 0 Å². The largest absolute Gasteiger partial charge is 0.393 e. The first-order valence-electron chi connectivity index (χ1n) is 7.00. The molecule has 0 spiro atoms. The maximum absolute atomic E-state index is 12.0. The summed E-state index contributed by atoms with van der Waals surface area (Å²) in [5.74, 6) is 0.424. The quantitative estimate of drug-likeness (QED) is 0.682. The van der Waals surface area contributed by atoms with Crippen LogP contribution in [-0.2, 0) is 4.79 Å². The molecule has 0 saturated heterocycles. The van der Waals surface area contributed by atoms with Crippen molar-refractivity contribution in [2.45, 2.75) is 18.9 Å². The Balaban J connectivity index is 1.81. The van der Waals surface area contributed by atoms with Crippen molar-refractivity contribution in [3.63, 3.8) is 0 Å². The van der Waals surface area contributed by atoms with E-state index >= 15 is 0 Å². The summed E-state index contributed by atoms with van der Waals surface area (Å²) in [6.07, 6.45) is 1.52. The highest BCUT2D eigenvalue weighted by Crippen LogP contribution is 2.27. The summed E-state index contributed by atoms with van der Waals surface area (Å²) in [4.78, 5) is 14.3. The third-order valence-electron chi connectivity index (χ3n) is 3.63. The molecular weight excluding hydrogens is 286 g/mol. The predicted octanol–water partition coefficient (Wildman–Crippen LogP) is 0.962. The van der Waals surface area contributed by atoms with Gasteiger partial charge in [0.05, 0.1) is 12.6 Å². The first kappa shape index (κ1) is 15.9. The number of hydrogen-bond donors (Lipinski definition) is 3. The zero-order chi connectivity index (χ0) is 15.4. The molecule has 1 saturated carbocycles. The summed E-state index contributed by atoms with van der Waals surface area (Å²) in [5.41, 5.74) is 7.00. The molecule has 1 aromatic rings. The molecule has 114 valence electrons. The zero-order valence-corrected chi connectivity index (χ0v) is 12.9. The Morgan fingerprint density at radius 2 is 2.24 bits per heavy atom. The third kappa shape index (κ3) is 4.77. The highest BCUT2D eigenvalue weighted by Gasteiger charge is 2.28. The van der Waals surface area contributed by atoms with E-state index in [1.54, 1.807) is 6.07 Å². The maximum atomic E-state index is 12.0. The van der Waals surface area contributed by atoms with Gasteiger partial charge in [-0.3, -0.25) is 9.69 Å². The van der Waals surface area contributed by atoms with Crippen LogP contribution in [-0.4, -0.2) is 47.1 Å². The van der Waals surface area contributed by atoms with Gasteiger partial charge in [-0.1, -0.05) is 24.4 Å². The molecular formula is C15H21N3O2S. The van der Waals surface area contributed by atoms with Crippen molar-refractivity contribution in [3.05, 3.63) is 29.8 Å². The van der Waals surface area contributed by atoms with Gasteiger partial charge in [0.15, 0.2) is 0 Å². The molecule has 1 aromatic carbocycles. The molecule has 0 heterocycles. The van der Waals surface area contributed by atoms with Crippen LogP contribution >= 0.6 is 12.2 Å². The molecule has 1 aliphatic carbocycles. The summed E-state index contributed by atoms with van der Waals surface area (Å²) >= 11 is 4.92. The minimum absolute atomic E-state index is 0.0718. The van der Waals surface area contributed by atoms with E-state index in [1.165, 1.54) is 0 Å². The maximum Gasteiger partial charge on any atom is 0.238 e. The number of nitrogens with two attached hydrogens (primary N) is 1. The van der Waals surface area contributed by atoms with Gasteiger partial charge in [0.25, 0.3) is 0 Å². The van der Waals surface area contributed by atoms with Crippen LogP contribution in [0.15, 0.2) is 24.3 Å². The number of carbonyl (C=O) groups excluding carboxylic acids is 1. The molecule has 0 unspecified atom stereocenters. The van der Waals surface area contributed by atoms with Gasteiger partial charge in [-0.25, -0.2) is 0 Å².